The molecule has 0 aromatic heterocycles. The molecule has 1 aliphatic carbocycles. The predicted octanol–water partition coefficient (Wildman–Crippen LogP) is 2.32. The molecular formula is C20H33IN4O3S. The maximum atomic E-state index is 12.8. The minimum atomic E-state index is -3.38. The Morgan fingerprint density at radius 2 is 2.10 bits per heavy atom. The fourth-order valence-corrected chi connectivity index (χ4v) is 4.68. The second-order valence-electron chi connectivity index (χ2n) is 7.44. The normalized spacial score (nSPS) is 16.3. The number of aliphatic imine (C=N–C) groups is 1. The van der Waals surface area contributed by atoms with Crippen LogP contribution < -0.4 is 9.62 Å². The van der Waals surface area contributed by atoms with Crippen molar-refractivity contribution in [2.24, 2.45) is 10.9 Å². The van der Waals surface area contributed by atoms with Gasteiger partial charge < -0.3 is 15.0 Å². The van der Waals surface area contributed by atoms with Gasteiger partial charge in [0.2, 0.25) is 10.0 Å². The number of halogens is 1. The van der Waals surface area contributed by atoms with Crippen LogP contribution in [-0.4, -0.2) is 71.5 Å². The molecule has 0 unspecified atom stereocenters. The molecular weight excluding hydrogens is 503 g/mol. The molecule has 3 rings (SSSR count). The number of benzene rings is 1. The first-order chi connectivity index (χ1) is 13.5. The third-order valence-electron chi connectivity index (χ3n) is 5.11. The van der Waals surface area contributed by atoms with E-state index in [2.05, 4.69) is 10.3 Å². The van der Waals surface area contributed by atoms with E-state index < -0.39 is 10.0 Å². The van der Waals surface area contributed by atoms with Gasteiger partial charge >= 0.3 is 0 Å². The van der Waals surface area contributed by atoms with Crippen molar-refractivity contribution in [3.63, 3.8) is 0 Å². The molecule has 9 heteroatoms. The van der Waals surface area contributed by atoms with Gasteiger partial charge in [-0.05, 0) is 43.7 Å². The number of guanidine groups is 1. The molecule has 1 aromatic rings. The molecule has 0 radical (unpaired) electrons. The monoisotopic (exact) mass is 536 g/mol. The molecule has 1 N–H and O–H groups in total. The molecule has 1 fully saturated rings. The second kappa shape index (κ2) is 11.4. The number of para-hydroxylation sites is 1. The van der Waals surface area contributed by atoms with E-state index in [-0.39, 0.29) is 36.3 Å². The molecule has 1 saturated carbocycles. The van der Waals surface area contributed by atoms with Crippen molar-refractivity contribution >= 4 is 45.6 Å². The summed E-state index contributed by atoms with van der Waals surface area (Å²) < 4.78 is 32.8. The molecule has 164 valence electrons. The van der Waals surface area contributed by atoms with E-state index in [0.717, 1.165) is 49.2 Å². The Bertz CT molecular complexity index is 784. The minimum Gasteiger partial charge on any atom is -0.379 e. The molecule has 0 amide bonds. The first-order valence-corrected chi connectivity index (χ1v) is 11.8. The van der Waals surface area contributed by atoms with Gasteiger partial charge in [-0.2, -0.15) is 0 Å². The van der Waals surface area contributed by atoms with Crippen molar-refractivity contribution in [1.29, 1.82) is 0 Å². The Balaban J connectivity index is 0.00000300. The lowest BCUT2D eigenvalue weighted by Crippen LogP contribution is -2.41. The number of hydrogen-bond acceptors (Lipinski definition) is 4. The van der Waals surface area contributed by atoms with Crippen LogP contribution in [0.25, 0.3) is 0 Å². The largest absolute Gasteiger partial charge is 0.379 e. The Kier molecular flexibility index (Phi) is 9.48. The highest BCUT2D eigenvalue weighted by molar-refractivity contribution is 14.0. The first-order valence-electron chi connectivity index (χ1n) is 10.2. The summed E-state index contributed by atoms with van der Waals surface area (Å²) in [6, 6.07) is 7.70. The van der Waals surface area contributed by atoms with Crippen LogP contribution in [0.5, 0.6) is 0 Å². The molecule has 0 spiro atoms. The van der Waals surface area contributed by atoms with Crippen LogP contribution in [0, 0.1) is 5.92 Å². The minimum absolute atomic E-state index is 0. The van der Waals surface area contributed by atoms with Gasteiger partial charge in [-0.1, -0.05) is 18.2 Å². The van der Waals surface area contributed by atoms with Gasteiger partial charge in [0.05, 0.1) is 24.6 Å². The molecule has 1 heterocycles. The Hall–Kier alpha value is -1.07. The smallest absolute Gasteiger partial charge is 0.237 e. The first kappa shape index (κ1) is 24.2. The zero-order chi connectivity index (χ0) is 20.0. The Morgan fingerprint density at radius 3 is 2.83 bits per heavy atom. The number of rotatable bonds is 10. The maximum absolute atomic E-state index is 12.8. The number of anilines is 1. The molecule has 1 aliphatic heterocycles. The fourth-order valence-electron chi connectivity index (χ4n) is 3.29. The summed E-state index contributed by atoms with van der Waals surface area (Å²) in [7, 11) is -1.43. The van der Waals surface area contributed by atoms with Gasteiger partial charge in [0.15, 0.2) is 5.96 Å². The van der Waals surface area contributed by atoms with Crippen molar-refractivity contribution in [1.82, 2.24) is 10.2 Å². The lowest BCUT2D eigenvalue weighted by molar-refractivity contribution is 0.115. The van der Waals surface area contributed by atoms with Crippen LogP contribution in [0.1, 0.15) is 25.3 Å². The highest BCUT2D eigenvalue weighted by Crippen LogP contribution is 2.30. The highest BCUT2D eigenvalue weighted by atomic mass is 127. The van der Waals surface area contributed by atoms with Crippen LogP contribution in [-0.2, 0) is 21.2 Å². The van der Waals surface area contributed by atoms with E-state index in [1.807, 2.05) is 43.1 Å². The Labute approximate surface area is 192 Å². The molecule has 0 atom stereocenters. The third kappa shape index (κ3) is 6.99. The van der Waals surface area contributed by atoms with Crippen LogP contribution >= 0.6 is 24.0 Å². The van der Waals surface area contributed by atoms with Gasteiger partial charge in [0.1, 0.15) is 0 Å². The van der Waals surface area contributed by atoms with Gasteiger partial charge in [-0.3, -0.25) is 9.30 Å². The standard InChI is InChI=1S/C20H32N4O3S.HI/c1-3-21-20(23(2)13-14-27-16-17-8-9-17)22-11-15-28(25,26)24-12-10-18-6-4-5-7-19(18)24;/h4-7,17H,3,8-16H2,1-2H3,(H,21,22);1H. The van der Waals surface area contributed by atoms with E-state index in [0.29, 0.717) is 13.2 Å². The lowest BCUT2D eigenvalue weighted by Gasteiger charge is -2.22. The van der Waals surface area contributed by atoms with Gasteiger partial charge in [-0.15, -0.1) is 24.0 Å². The average Bonchev–Trinajstić information content (AvgIpc) is 3.39. The summed E-state index contributed by atoms with van der Waals surface area (Å²) >= 11 is 0. The summed E-state index contributed by atoms with van der Waals surface area (Å²) in [5.74, 6) is 1.48. The number of fused-ring (bicyclic) bond motifs is 1. The van der Waals surface area contributed by atoms with Gasteiger partial charge in [0.25, 0.3) is 0 Å². The maximum Gasteiger partial charge on any atom is 0.237 e. The quantitative estimate of drug-likeness (QED) is 0.215. The summed E-state index contributed by atoms with van der Waals surface area (Å²) in [5, 5.41) is 3.23. The number of nitrogens with zero attached hydrogens (tertiary/aromatic N) is 3. The summed E-state index contributed by atoms with van der Waals surface area (Å²) in [6.07, 6.45) is 3.34. The fraction of sp³-hybridized carbons (Fsp3) is 0.650. The van der Waals surface area contributed by atoms with E-state index >= 15 is 0 Å². The average molecular weight is 536 g/mol. The van der Waals surface area contributed by atoms with Gasteiger partial charge in [0, 0.05) is 33.3 Å². The van der Waals surface area contributed by atoms with E-state index in [1.165, 1.54) is 17.1 Å². The van der Waals surface area contributed by atoms with Gasteiger partial charge in [-0.25, -0.2) is 8.42 Å². The molecule has 0 saturated heterocycles. The number of hydrogen-bond donors (Lipinski definition) is 1. The van der Waals surface area contributed by atoms with E-state index in [1.54, 1.807) is 0 Å². The number of sulfonamides is 1. The summed E-state index contributed by atoms with van der Waals surface area (Å²) in [6.45, 7) is 5.71. The highest BCUT2D eigenvalue weighted by Gasteiger charge is 2.28. The number of likely N-dealkylation sites (N-methyl/N-ethyl adjacent to an activating group) is 1. The van der Waals surface area contributed by atoms with Crippen LogP contribution in [0.3, 0.4) is 0 Å². The third-order valence-corrected chi connectivity index (χ3v) is 6.86. The molecule has 1 aromatic carbocycles. The van der Waals surface area contributed by atoms with Crippen molar-refractivity contribution in [2.45, 2.75) is 26.2 Å². The topological polar surface area (TPSA) is 74.2 Å². The SMILES string of the molecule is CCNC(=NCCS(=O)(=O)N1CCc2ccccc21)N(C)CCOCC1CC1.I. The number of ether oxygens (including phenoxy) is 1. The van der Waals surface area contributed by atoms with Crippen LogP contribution in [0.4, 0.5) is 5.69 Å². The predicted molar refractivity (Wildman–Crippen MR) is 129 cm³/mol. The molecule has 0 bridgehead atoms. The van der Waals surface area contributed by atoms with Crippen molar-refractivity contribution in [2.75, 3.05) is 56.5 Å². The molecule has 29 heavy (non-hydrogen) atoms. The zero-order valence-corrected chi connectivity index (χ0v) is 20.5. The lowest BCUT2D eigenvalue weighted by atomic mass is 10.2. The van der Waals surface area contributed by atoms with Crippen molar-refractivity contribution in [3.05, 3.63) is 29.8 Å². The zero-order valence-electron chi connectivity index (χ0n) is 17.3. The number of nitrogens with one attached hydrogen (secondary N) is 1. The Morgan fingerprint density at radius 1 is 1.34 bits per heavy atom. The second-order valence-corrected chi connectivity index (χ2v) is 9.46. The van der Waals surface area contributed by atoms with Crippen LogP contribution in [0.15, 0.2) is 29.3 Å². The van der Waals surface area contributed by atoms with E-state index in [9.17, 15) is 8.42 Å². The molecule has 2 aliphatic rings. The summed E-state index contributed by atoms with van der Waals surface area (Å²) in [5.41, 5.74) is 1.90. The van der Waals surface area contributed by atoms with E-state index in [4.69, 9.17) is 4.74 Å². The van der Waals surface area contributed by atoms with Crippen molar-refractivity contribution < 1.29 is 13.2 Å². The van der Waals surface area contributed by atoms with Crippen molar-refractivity contribution in [3.8, 4) is 0 Å². The van der Waals surface area contributed by atoms with Crippen LogP contribution in [0.2, 0.25) is 0 Å². The summed E-state index contributed by atoms with van der Waals surface area (Å²) in [4.78, 5) is 6.52. The molecule has 7 nitrogen and oxygen atoms in total.